The normalized spacial score (nSPS) is 12.2. The van der Waals surface area contributed by atoms with Gasteiger partial charge in [-0.3, -0.25) is 4.79 Å². The molecule has 3 rings (SSSR count). The van der Waals surface area contributed by atoms with Crippen LogP contribution in [0.15, 0.2) is 40.9 Å². The Morgan fingerprint density at radius 2 is 2.36 bits per heavy atom. The molecule has 0 spiro atoms. The van der Waals surface area contributed by atoms with E-state index in [1.54, 1.807) is 46.0 Å². The summed E-state index contributed by atoms with van der Waals surface area (Å²) in [5.74, 6) is -0.0360. The maximum Gasteiger partial charge on any atom is 0.240 e. The third-order valence-corrected chi connectivity index (χ3v) is 4.98. The summed E-state index contributed by atoms with van der Waals surface area (Å²) in [6.45, 7) is 2.24. The van der Waals surface area contributed by atoms with Crippen molar-refractivity contribution in [3.8, 4) is 0 Å². The zero-order chi connectivity index (χ0) is 15.4. The summed E-state index contributed by atoms with van der Waals surface area (Å²) in [5, 5.41) is 10.2. The number of aryl methyl sites for hydroxylation is 1. The van der Waals surface area contributed by atoms with Crippen LogP contribution in [0.1, 0.15) is 22.3 Å². The smallest absolute Gasteiger partial charge is 0.240 e. The minimum Gasteiger partial charge on any atom is -0.345 e. The number of nitrogens with one attached hydrogen (secondary N) is 1. The van der Waals surface area contributed by atoms with E-state index in [2.05, 4.69) is 26.7 Å². The summed E-state index contributed by atoms with van der Waals surface area (Å²) < 4.78 is 1.75. The third kappa shape index (κ3) is 3.80. The van der Waals surface area contributed by atoms with Crippen molar-refractivity contribution in [1.82, 2.24) is 19.9 Å². The first kappa shape index (κ1) is 14.9. The molecule has 0 fully saturated rings. The van der Waals surface area contributed by atoms with Crippen molar-refractivity contribution in [2.24, 2.45) is 0 Å². The van der Waals surface area contributed by atoms with Gasteiger partial charge in [0.25, 0.3) is 0 Å². The van der Waals surface area contributed by atoms with Gasteiger partial charge in [0, 0.05) is 29.9 Å². The van der Waals surface area contributed by atoms with Crippen LogP contribution in [-0.2, 0) is 17.8 Å². The van der Waals surface area contributed by atoms with Crippen molar-refractivity contribution in [3.63, 3.8) is 0 Å². The van der Waals surface area contributed by atoms with Crippen LogP contribution < -0.4 is 5.32 Å². The summed E-state index contributed by atoms with van der Waals surface area (Å²) in [5.41, 5.74) is 2.20. The molecule has 1 amide bonds. The lowest BCUT2D eigenvalue weighted by Crippen LogP contribution is -2.32. The summed E-state index contributed by atoms with van der Waals surface area (Å²) >= 11 is 3.25. The van der Waals surface area contributed by atoms with E-state index in [4.69, 9.17) is 0 Å². The van der Waals surface area contributed by atoms with E-state index in [1.165, 1.54) is 5.56 Å². The molecule has 22 heavy (non-hydrogen) atoms. The molecule has 3 heterocycles. The standard InChI is InChI=1S/C15H16N4OS2/c1-11-8-22-15(17-11)13(6-12-2-5-21-9-12)18-14(20)7-19-4-3-16-10-19/h2-5,8-10,13H,6-7H2,1H3,(H,18,20)/t13-/m1/s1. The van der Waals surface area contributed by atoms with Crippen molar-refractivity contribution in [2.45, 2.75) is 25.9 Å². The minimum absolute atomic E-state index is 0.0360. The largest absolute Gasteiger partial charge is 0.345 e. The van der Waals surface area contributed by atoms with E-state index in [1.807, 2.05) is 17.7 Å². The van der Waals surface area contributed by atoms with E-state index in [9.17, 15) is 4.79 Å². The fourth-order valence-electron chi connectivity index (χ4n) is 2.16. The molecule has 114 valence electrons. The average Bonchev–Trinajstić information content (AvgIpc) is 3.20. The second kappa shape index (κ2) is 6.85. The average molecular weight is 332 g/mol. The minimum atomic E-state index is -0.0932. The maximum atomic E-state index is 12.2. The number of carbonyl (C=O) groups is 1. The van der Waals surface area contributed by atoms with Gasteiger partial charge in [-0.15, -0.1) is 11.3 Å². The fourth-order valence-corrected chi connectivity index (χ4v) is 3.69. The highest BCUT2D eigenvalue weighted by atomic mass is 32.1. The van der Waals surface area contributed by atoms with Crippen LogP contribution in [0.25, 0.3) is 0 Å². The first-order valence-electron chi connectivity index (χ1n) is 6.89. The summed E-state index contributed by atoms with van der Waals surface area (Å²) in [6, 6.07) is 1.99. The van der Waals surface area contributed by atoms with Crippen molar-refractivity contribution >= 4 is 28.6 Å². The van der Waals surface area contributed by atoms with E-state index in [0.717, 1.165) is 17.1 Å². The molecule has 0 unspecified atom stereocenters. The number of imidazole rings is 1. The van der Waals surface area contributed by atoms with Gasteiger partial charge in [-0.05, 0) is 29.3 Å². The Morgan fingerprint density at radius 1 is 1.45 bits per heavy atom. The zero-order valence-electron chi connectivity index (χ0n) is 12.1. The molecule has 7 heteroatoms. The molecule has 0 aliphatic heterocycles. The maximum absolute atomic E-state index is 12.2. The molecule has 3 aromatic rings. The second-order valence-corrected chi connectivity index (χ2v) is 6.69. The fraction of sp³-hybridized carbons (Fsp3) is 0.267. The van der Waals surface area contributed by atoms with Crippen LogP contribution in [0, 0.1) is 6.92 Å². The predicted octanol–water partition coefficient (Wildman–Crippen LogP) is 2.81. The SMILES string of the molecule is Cc1csc([C@@H](Cc2ccsc2)NC(=O)Cn2ccnc2)n1. The van der Waals surface area contributed by atoms with Crippen molar-refractivity contribution in [2.75, 3.05) is 0 Å². The topological polar surface area (TPSA) is 59.8 Å². The number of carbonyl (C=O) groups excluding carboxylic acids is 1. The van der Waals surface area contributed by atoms with Gasteiger partial charge in [0.15, 0.2) is 0 Å². The summed E-state index contributed by atoms with van der Waals surface area (Å²) in [4.78, 5) is 20.7. The molecular weight excluding hydrogens is 316 g/mol. The molecule has 1 atom stereocenters. The van der Waals surface area contributed by atoms with Gasteiger partial charge < -0.3 is 9.88 Å². The molecule has 0 saturated carbocycles. The molecule has 3 aromatic heterocycles. The summed E-state index contributed by atoms with van der Waals surface area (Å²) in [6.07, 6.45) is 5.84. The molecule has 0 radical (unpaired) electrons. The highest BCUT2D eigenvalue weighted by Crippen LogP contribution is 2.23. The van der Waals surface area contributed by atoms with Gasteiger partial charge >= 0.3 is 0 Å². The van der Waals surface area contributed by atoms with Gasteiger partial charge in [0.05, 0.1) is 12.4 Å². The third-order valence-electron chi connectivity index (χ3n) is 3.18. The van der Waals surface area contributed by atoms with Crippen molar-refractivity contribution in [1.29, 1.82) is 0 Å². The van der Waals surface area contributed by atoms with Crippen LogP contribution in [0.4, 0.5) is 0 Å². The first-order chi connectivity index (χ1) is 10.7. The lowest BCUT2D eigenvalue weighted by atomic mass is 10.1. The molecular formula is C15H16N4OS2. The zero-order valence-corrected chi connectivity index (χ0v) is 13.7. The number of hydrogen-bond donors (Lipinski definition) is 1. The van der Waals surface area contributed by atoms with Crippen LogP contribution in [-0.4, -0.2) is 20.4 Å². The number of amides is 1. The monoisotopic (exact) mass is 332 g/mol. The van der Waals surface area contributed by atoms with Gasteiger partial charge in [-0.2, -0.15) is 11.3 Å². The molecule has 0 bridgehead atoms. The lowest BCUT2D eigenvalue weighted by Gasteiger charge is -2.16. The Balaban J connectivity index is 1.71. The number of hydrogen-bond acceptors (Lipinski definition) is 5. The molecule has 0 aliphatic rings. The van der Waals surface area contributed by atoms with E-state index < -0.39 is 0 Å². The highest BCUT2D eigenvalue weighted by Gasteiger charge is 2.18. The number of aromatic nitrogens is 3. The van der Waals surface area contributed by atoms with Gasteiger partial charge in [0.1, 0.15) is 11.6 Å². The van der Waals surface area contributed by atoms with Crippen LogP contribution in [0.5, 0.6) is 0 Å². The van der Waals surface area contributed by atoms with Gasteiger partial charge in [0.2, 0.25) is 5.91 Å². The van der Waals surface area contributed by atoms with E-state index in [-0.39, 0.29) is 18.5 Å². The highest BCUT2D eigenvalue weighted by molar-refractivity contribution is 7.09. The molecule has 1 N–H and O–H groups in total. The first-order valence-corrected chi connectivity index (χ1v) is 8.71. The molecule has 5 nitrogen and oxygen atoms in total. The number of rotatable bonds is 6. The molecule has 0 aromatic carbocycles. The molecule has 0 saturated heterocycles. The Morgan fingerprint density at radius 3 is 3.00 bits per heavy atom. The van der Waals surface area contributed by atoms with Crippen LogP contribution in [0.2, 0.25) is 0 Å². The number of nitrogens with zero attached hydrogens (tertiary/aromatic N) is 3. The summed E-state index contributed by atoms with van der Waals surface area (Å²) in [7, 11) is 0. The Kier molecular flexibility index (Phi) is 4.65. The number of thiophene rings is 1. The predicted molar refractivity (Wildman–Crippen MR) is 88.0 cm³/mol. The Hall–Kier alpha value is -1.99. The van der Waals surface area contributed by atoms with Crippen LogP contribution >= 0.6 is 22.7 Å². The second-order valence-electron chi connectivity index (χ2n) is 5.02. The van der Waals surface area contributed by atoms with E-state index in [0.29, 0.717) is 0 Å². The Labute approximate surface area is 136 Å². The van der Waals surface area contributed by atoms with E-state index >= 15 is 0 Å². The van der Waals surface area contributed by atoms with Crippen molar-refractivity contribution in [3.05, 3.63) is 57.2 Å². The van der Waals surface area contributed by atoms with Gasteiger partial charge in [-0.25, -0.2) is 9.97 Å². The van der Waals surface area contributed by atoms with Crippen LogP contribution in [0.3, 0.4) is 0 Å². The van der Waals surface area contributed by atoms with Crippen molar-refractivity contribution < 1.29 is 4.79 Å². The van der Waals surface area contributed by atoms with Gasteiger partial charge in [-0.1, -0.05) is 0 Å². The number of thiazole rings is 1. The lowest BCUT2D eigenvalue weighted by molar-refractivity contribution is -0.122. The molecule has 0 aliphatic carbocycles. The Bertz CT molecular complexity index is 719. The quantitative estimate of drug-likeness (QED) is 0.755.